The smallest absolute Gasteiger partial charge is 0.253 e. The molecule has 1 heterocycles. The third-order valence-electron chi connectivity index (χ3n) is 4.02. The summed E-state index contributed by atoms with van der Waals surface area (Å²) in [6.45, 7) is 6.18. The number of rotatable bonds is 2. The fourth-order valence-electron chi connectivity index (χ4n) is 2.61. The van der Waals surface area contributed by atoms with Crippen LogP contribution in [-0.4, -0.2) is 23.9 Å². The van der Waals surface area contributed by atoms with Crippen LogP contribution >= 0.6 is 11.6 Å². The van der Waals surface area contributed by atoms with E-state index in [-0.39, 0.29) is 5.91 Å². The summed E-state index contributed by atoms with van der Waals surface area (Å²) in [4.78, 5) is 14.3. The average Bonchev–Trinajstić information content (AvgIpc) is 2.41. The van der Waals surface area contributed by atoms with E-state index in [1.165, 1.54) is 0 Å². The van der Waals surface area contributed by atoms with Gasteiger partial charge in [0.1, 0.15) is 0 Å². The molecule has 1 saturated heterocycles. The van der Waals surface area contributed by atoms with E-state index in [2.05, 4.69) is 13.8 Å². The van der Waals surface area contributed by atoms with Gasteiger partial charge in [-0.15, -0.1) is 0 Å². The quantitative estimate of drug-likeness (QED) is 0.844. The first-order valence-electron chi connectivity index (χ1n) is 6.83. The molecule has 3 nitrogen and oxygen atoms in total. The number of anilines is 1. The predicted octanol–water partition coefficient (Wildman–Crippen LogP) is 3.43. The number of hydrogen-bond acceptors (Lipinski definition) is 2. The van der Waals surface area contributed by atoms with Gasteiger partial charge in [0.15, 0.2) is 0 Å². The minimum Gasteiger partial charge on any atom is -0.398 e. The lowest BCUT2D eigenvalue weighted by Gasteiger charge is -2.34. The van der Waals surface area contributed by atoms with Gasteiger partial charge in [0, 0.05) is 18.7 Å². The van der Waals surface area contributed by atoms with Crippen molar-refractivity contribution >= 4 is 23.2 Å². The van der Waals surface area contributed by atoms with Crippen molar-refractivity contribution in [3.63, 3.8) is 0 Å². The Labute approximate surface area is 119 Å². The van der Waals surface area contributed by atoms with Crippen molar-refractivity contribution in [2.45, 2.75) is 26.7 Å². The van der Waals surface area contributed by atoms with Gasteiger partial charge in [-0.2, -0.15) is 0 Å². The molecule has 2 rings (SSSR count). The van der Waals surface area contributed by atoms with Crippen LogP contribution in [0.4, 0.5) is 5.69 Å². The van der Waals surface area contributed by atoms with Crippen LogP contribution in [0.15, 0.2) is 18.2 Å². The number of nitrogens with zero attached hydrogens (tertiary/aromatic N) is 1. The van der Waals surface area contributed by atoms with Crippen LogP contribution in [0, 0.1) is 11.8 Å². The normalized spacial score (nSPS) is 16.9. The monoisotopic (exact) mass is 280 g/mol. The summed E-state index contributed by atoms with van der Waals surface area (Å²) >= 11 is 5.97. The Morgan fingerprint density at radius 2 is 2.00 bits per heavy atom. The molecule has 0 spiro atoms. The van der Waals surface area contributed by atoms with Crippen molar-refractivity contribution in [2.75, 3.05) is 18.8 Å². The number of nitrogens with two attached hydrogens (primary N) is 1. The highest BCUT2D eigenvalue weighted by Gasteiger charge is 2.25. The van der Waals surface area contributed by atoms with Crippen LogP contribution < -0.4 is 5.73 Å². The van der Waals surface area contributed by atoms with Gasteiger partial charge in [-0.3, -0.25) is 4.79 Å². The number of amides is 1. The van der Waals surface area contributed by atoms with Crippen molar-refractivity contribution in [1.29, 1.82) is 0 Å². The van der Waals surface area contributed by atoms with Gasteiger partial charge in [-0.1, -0.05) is 25.4 Å². The van der Waals surface area contributed by atoms with Gasteiger partial charge in [-0.05, 0) is 42.9 Å². The van der Waals surface area contributed by atoms with Crippen LogP contribution in [0.5, 0.6) is 0 Å². The summed E-state index contributed by atoms with van der Waals surface area (Å²) in [5.41, 5.74) is 6.80. The van der Waals surface area contributed by atoms with Gasteiger partial charge in [-0.25, -0.2) is 0 Å². The van der Waals surface area contributed by atoms with Crippen molar-refractivity contribution in [3.05, 3.63) is 28.8 Å². The van der Waals surface area contributed by atoms with Crippen LogP contribution in [0.1, 0.15) is 37.0 Å². The molecule has 1 aromatic rings. The van der Waals surface area contributed by atoms with E-state index in [0.29, 0.717) is 22.2 Å². The maximum Gasteiger partial charge on any atom is 0.253 e. The first kappa shape index (κ1) is 14.2. The van der Waals surface area contributed by atoms with E-state index in [1.807, 2.05) is 4.90 Å². The topological polar surface area (TPSA) is 46.3 Å². The van der Waals surface area contributed by atoms with Crippen molar-refractivity contribution in [2.24, 2.45) is 11.8 Å². The maximum atomic E-state index is 12.4. The second-order valence-corrected chi connectivity index (χ2v) is 6.02. The SMILES string of the molecule is CC(C)C1CCN(C(=O)c2ccc(N)c(Cl)c2)CC1. The molecular formula is C15H21ClN2O. The van der Waals surface area contributed by atoms with Gasteiger partial charge >= 0.3 is 0 Å². The Bertz CT molecular complexity index is 465. The number of nitrogen functional groups attached to an aromatic ring is 1. The van der Waals surface area contributed by atoms with Crippen LogP contribution in [0.3, 0.4) is 0 Å². The van der Waals surface area contributed by atoms with E-state index < -0.39 is 0 Å². The predicted molar refractivity (Wildman–Crippen MR) is 79.3 cm³/mol. The lowest BCUT2D eigenvalue weighted by atomic mass is 9.86. The highest BCUT2D eigenvalue weighted by atomic mass is 35.5. The summed E-state index contributed by atoms with van der Waals surface area (Å²) in [6, 6.07) is 5.10. The largest absolute Gasteiger partial charge is 0.398 e. The molecule has 1 aliphatic heterocycles. The Kier molecular flexibility index (Phi) is 4.35. The fraction of sp³-hybridized carbons (Fsp3) is 0.533. The highest BCUT2D eigenvalue weighted by Crippen LogP contribution is 2.26. The lowest BCUT2D eigenvalue weighted by Crippen LogP contribution is -2.39. The number of carbonyl (C=O) groups excluding carboxylic acids is 1. The van der Waals surface area contributed by atoms with Crippen molar-refractivity contribution in [3.8, 4) is 0 Å². The van der Waals surface area contributed by atoms with Crippen molar-refractivity contribution < 1.29 is 4.79 Å². The third kappa shape index (κ3) is 3.21. The molecule has 1 aliphatic rings. The second-order valence-electron chi connectivity index (χ2n) is 5.61. The molecule has 0 radical (unpaired) electrons. The number of carbonyl (C=O) groups is 1. The Morgan fingerprint density at radius 3 is 2.53 bits per heavy atom. The van der Waals surface area contributed by atoms with E-state index in [9.17, 15) is 4.79 Å². The van der Waals surface area contributed by atoms with Crippen molar-refractivity contribution in [1.82, 2.24) is 4.90 Å². The number of likely N-dealkylation sites (tertiary alicyclic amines) is 1. The molecule has 1 aromatic carbocycles. The Morgan fingerprint density at radius 1 is 1.37 bits per heavy atom. The molecule has 104 valence electrons. The molecule has 1 fully saturated rings. The Balaban J connectivity index is 2.03. The Hall–Kier alpha value is -1.22. The maximum absolute atomic E-state index is 12.4. The lowest BCUT2D eigenvalue weighted by molar-refractivity contribution is 0.0668. The zero-order valence-electron chi connectivity index (χ0n) is 11.5. The molecule has 0 bridgehead atoms. The minimum atomic E-state index is 0.0594. The van der Waals surface area contributed by atoms with E-state index in [1.54, 1.807) is 18.2 Å². The summed E-state index contributed by atoms with van der Waals surface area (Å²) in [7, 11) is 0. The van der Waals surface area contributed by atoms with E-state index >= 15 is 0 Å². The third-order valence-corrected chi connectivity index (χ3v) is 4.34. The standard InChI is InChI=1S/C15H21ClN2O/c1-10(2)11-5-7-18(8-6-11)15(19)12-3-4-14(17)13(16)9-12/h3-4,9-11H,5-8,17H2,1-2H3. The summed E-state index contributed by atoms with van der Waals surface area (Å²) < 4.78 is 0. The number of piperidine rings is 1. The molecule has 4 heteroatoms. The molecular weight excluding hydrogens is 260 g/mol. The number of hydrogen-bond donors (Lipinski definition) is 1. The van der Waals surface area contributed by atoms with Crippen LogP contribution in [0.2, 0.25) is 5.02 Å². The zero-order valence-corrected chi connectivity index (χ0v) is 12.3. The first-order valence-corrected chi connectivity index (χ1v) is 7.21. The second kappa shape index (κ2) is 5.83. The molecule has 19 heavy (non-hydrogen) atoms. The van der Waals surface area contributed by atoms with Gasteiger partial charge < -0.3 is 10.6 Å². The summed E-state index contributed by atoms with van der Waals surface area (Å²) in [6.07, 6.45) is 2.18. The molecule has 0 saturated carbocycles. The summed E-state index contributed by atoms with van der Waals surface area (Å²) in [5.74, 6) is 1.49. The molecule has 0 atom stereocenters. The molecule has 0 aliphatic carbocycles. The van der Waals surface area contributed by atoms with Gasteiger partial charge in [0.05, 0.1) is 10.7 Å². The zero-order chi connectivity index (χ0) is 14.0. The minimum absolute atomic E-state index is 0.0594. The first-order chi connectivity index (χ1) is 8.99. The summed E-state index contributed by atoms with van der Waals surface area (Å²) in [5, 5.41) is 0.447. The molecule has 1 amide bonds. The van der Waals surface area contributed by atoms with Crippen LogP contribution in [0.25, 0.3) is 0 Å². The van der Waals surface area contributed by atoms with Gasteiger partial charge in [0.25, 0.3) is 5.91 Å². The molecule has 2 N–H and O–H groups in total. The highest BCUT2D eigenvalue weighted by molar-refractivity contribution is 6.33. The average molecular weight is 281 g/mol. The van der Waals surface area contributed by atoms with Crippen LogP contribution in [-0.2, 0) is 0 Å². The fourth-order valence-corrected chi connectivity index (χ4v) is 2.79. The van der Waals surface area contributed by atoms with E-state index in [4.69, 9.17) is 17.3 Å². The molecule has 0 aromatic heterocycles. The van der Waals surface area contributed by atoms with Gasteiger partial charge in [0.2, 0.25) is 0 Å². The van der Waals surface area contributed by atoms with E-state index in [0.717, 1.165) is 31.8 Å². The number of halogens is 1. The molecule has 0 unspecified atom stereocenters. The number of benzene rings is 1.